The molecule has 0 bridgehead atoms. The summed E-state index contributed by atoms with van der Waals surface area (Å²) in [5.74, 6) is 2.22. The third-order valence-electron chi connectivity index (χ3n) is 1.98. The van der Waals surface area contributed by atoms with E-state index in [9.17, 15) is 4.21 Å². The second-order valence-electron chi connectivity index (χ2n) is 2.94. The van der Waals surface area contributed by atoms with Crippen molar-refractivity contribution in [2.75, 3.05) is 11.5 Å². The lowest BCUT2D eigenvalue weighted by Gasteiger charge is -2.17. The molecule has 0 atom stereocenters. The topological polar surface area (TPSA) is 47.2 Å². The lowest BCUT2D eigenvalue weighted by Crippen LogP contribution is -2.23. The molecule has 5 heteroatoms. The highest BCUT2D eigenvalue weighted by Crippen LogP contribution is 2.19. The van der Waals surface area contributed by atoms with Gasteiger partial charge in [-0.3, -0.25) is 4.68 Å². The van der Waals surface area contributed by atoms with Crippen LogP contribution in [0.15, 0.2) is 16.6 Å². The summed E-state index contributed by atoms with van der Waals surface area (Å²) in [6, 6.07) is 1.78. The minimum Gasteiger partial charge on any atom is -0.250 e. The van der Waals surface area contributed by atoms with Gasteiger partial charge in [-0.2, -0.15) is 9.46 Å². The van der Waals surface area contributed by atoms with E-state index in [4.69, 9.17) is 0 Å². The Morgan fingerprint density at radius 1 is 1.67 bits per heavy atom. The van der Waals surface area contributed by atoms with Gasteiger partial charge in [-0.25, -0.2) is 4.21 Å². The Hall–Kier alpha value is -0.840. The summed E-state index contributed by atoms with van der Waals surface area (Å²) in [6.07, 6.45) is 2.71. The van der Waals surface area contributed by atoms with Gasteiger partial charge in [-0.05, 0) is 6.42 Å². The molecule has 1 fully saturated rings. The molecule has 1 aromatic rings. The Kier molecular flexibility index (Phi) is 1.68. The summed E-state index contributed by atoms with van der Waals surface area (Å²) >= 11 is 0. The van der Waals surface area contributed by atoms with Crippen LogP contribution in [-0.4, -0.2) is 25.5 Å². The average molecular weight is 185 g/mol. The molecule has 66 valence electrons. The molecule has 0 saturated carbocycles. The van der Waals surface area contributed by atoms with Gasteiger partial charge < -0.3 is 0 Å². The van der Waals surface area contributed by atoms with E-state index in [0.717, 1.165) is 23.7 Å². The molecule has 4 nitrogen and oxygen atoms in total. The van der Waals surface area contributed by atoms with Crippen LogP contribution in [0, 0.1) is 0 Å². The lowest BCUT2D eigenvalue weighted by molar-refractivity contribution is 0.662. The van der Waals surface area contributed by atoms with Crippen molar-refractivity contribution >= 4 is 15.5 Å². The van der Waals surface area contributed by atoms with Gasteiger partial charge in [0.1, 0.15) is 0 Å². The quantitative estimate of drug-likeness (QED) is 0.653. The van der Waals surface area contributed by atoms with E-state index < -0.39 is 9.73 Å². The Morgan fingerprint density at radius 3 is 2.83 bits per heavy atom. The van der Waals surface area contributed by atoms with Gasteiger partial charge in [0.05, 0.1) is 15.9 Å². The molecule has 1 aromatic heterocycles. The summed E-state index contributed by atoms with van der Waals surface area (Å²) in [6.45, 7) is 0. The summed E-state index contributed by atoms with van der Waals surface area (Å²) < 4.78 is 17.5. The molecule has 0 radical (unpaired) electrons. The van der Waals surface area contributed by atoms with Crippen molar-refractivity contribution in [3.8, 4) is 0 Å². The second kappa shape index (κ2) is 2.58. The normalized spacial score (nSPS) is 20.1. The van der Waals surface area contributed by atoms with Gasteiger partial charge >= 0.3 is 0 Å². The molecule has 12 heavy (non-hydrogen) atoms. The molecule has 0 aromatic carbocycles. The highest BCUT2D eigenvalue weighted by Gasteiger charge is 2.19. The van der Waals surface area contributed by atoms with Crippen molar-refractivity contribution in [3.05, 3.63) is 12.3 Å². The predicted molar refractivity (Wildman–Crippen MR) is 47.8 cm³/mol. The van der Waals surface area contributed by atoms with Crippen LogP contribution < -0.4 is 0 Å². The standard InChI is InChI=1S/C7H11N3OS/c1-10-7(3-4-8-10)9-12(11)5-2-6-12/h3-4H,2,5-6H2,1H3. The Morgan fingerprint density at radius 2 is 2.42 bits per heavy atom. The van der Waals surface area contributed by atoms with E-state index in [2.05, 4.69) is 9.46 Å². The molecular formula is C7H11N3OS. The molecule has 1 aliphatic heterocycles. The first-order valence-corrected chi connectivity index (χ1v) is 5.75. The first kappa shape index (κ1) is 7.79. The zero-order chi connectivity index (χ0) is 8.60. The number of hydrogen-bond acceptors (Lipinski definition) is 3. The maximum atomic E-state index is 11.7. The largest absolute Gasteiger partial charge is 0.250 e. The van der Waals surface area contributed by atoms with Crippen molar-refractivity contribution < 1.29 is 4.21 Å². The molecular weight excluding hydrogens is 174 g/mol. The molecule has 0 N–H and O–H groups in total. The van der Waals surface area contributed by atoms with Gasteiger partial charge in [0, 0.05) is 24.6 Å². The summed E-state index contributed by atoms with van der Waals surface area (Å²) in [5.41, 5.74) is 0. The van der Waals surface area contributed by atoms with Crippen LogP contribution in [0.2, 0.25) is 0 Å². The van der Waals surface area contributed by atoms with Crippen LogP contribution in [0.3, 0.4) is 0 Å². The third kappa shape index (κ3) is 1.24. The molecule has 0 aliphatic carbocycles. The zero-order valence-electron chi connectivity index (χ0n) is 6.93. The average Bonchev–Trinajstić information content (AvgIpc) is 2.34. The molecule has 2 rings (SSSR count). The van der Waals surface area contributed by atoms with E-state index >= 15 is 0 Å². The highest BCUT2D eigenvalue weighted by atomic mass is 32.2. The van der Waals surface area contributed by atoms with E-state index in [0.29, 0.717) is 0 Å². The monoisotopic (exact) mass is 185 g/mol. The summed E-state index contributed by atoms with van der Waals surface area (Å²) in [5, 5.41) is 3.96. The van der Waals surface area contributed by atoms with Crippen LogP contribution in [0.1, 0.15) is 6.42 Å². The van der Waals surface area contributed by atoms with Gasteiger partial charge in [0.25, 0.3) is 0 Å². The zero-order valence-corrected chi connectivity index (χ0v) is 7.75. The second-order valence-corrected chi connectivity index (χ2v) is 5.48. The molecule has 1 saturated heterocycles. The van der Waals surface area contributed by atoms with Crippen molar-refractivity contribution in [3.63, 3.8) is 0 Å². The van der Waals surface area contributed by atoms with Gasteiger partial charge in [0.15, 0.2) is 5.82 Å². The predicted octanol–water partition coefficient (Wildman–Crippen LogP) is 0.923. The van der Waals surface area contributed by atoms with Crippen molar-refractivity contribution in [1.82, 2.24) is 9.78 Å². The highest BCUT2D eigenvalue weighted by molar-refractivity contribution is 7.95. The van der Waals surface area contributed by atoms with E-state index in [1.165, 1.54) is 0 Å². The SMILES string of the molecule is Cn1nccc1N=S1(=O)CCC1. The van der Waals surface area contributed by atoms with Crippen molar-refractivity contribution in [1.29, 1.82) is 0 Å². The van der Waals surface area contributed by atoms with E-state index in [1.54, 1.807) is 24.0 Å². The van der Waals surface area contributed by atoms with E-state index in [-0.39, 0.29) is 0 Å². The fourth-order valence-electron chi connectivity index (χ4n) is 1.11. The first-order valence-electron chi connectivity index (χ1n) is 3.90. The maximum absolute atomic E-state index is 11.7. The van der Waals surface area contributed by atoms with Crippen LogP contribution >= 0.6 is 0 Å². The number of hydrogen-bond donors (Lipinski definition) is 0. The molecule has 2 heterocycles. The fourth-order valence-corrected chi connectivity index (χ4v) is 2.59. The summed E-state index contributed by atoms with van der Waals surface area (Å²) in [4.78, 5) is 0. The van der Waals surface area contributed by atoms with Gasteiger partial charge in [-0.15, -0.1) is 0 Å². The van der Waals surface area contributed by atoms with E-state index in [1.807, 2.05) is 0 Å². The van der Waals surface area contributed by atoms with Crippen LogP contribution in [0.25, 0.3) is 0 Å². The van der Waals surface area contributed by atoms with Crippen LogP contribution in [0.5, 0.6) is 0 Å². The number of aryl methyl sites for hydroxylation is 1. The number of rotatable bonds is 1. The minimum absolute atomic E-state index is 0.722. The Balaban J connectivity index is 2.40. The summed E-state index contributed by atoms with van der Waals surface area (Å²) in [7, 11) is -0.0644. The van der Waals surface area contributed by atoms with Crippen molar-refractivity contribution in [2.24, 2.45) is 11.4 Å². The van der Waals surface area contributed by atoms with Crippen LogP contribution in [-0.2, 0) is 16.8 Å². The molecule has 0 amide bonds. The van der Waals surface area contributed by atoms with Gasteiger partial charge in [-0.1, -0.05) is 0 Å². The smallest absolute Gasteiger partial charge is 0.159 e. The van der Waals surface area contributed by atoms with Crippen molar-refractivity contribution in [2.45, 2.75) is 6.42 Å². The third-order valence-corrected chi connectivity index (χ3v) is 4.35. The Labute approximate surface area is 71.8 Å². The lowest BCUT2D eigenvalue weighted by atomic mass is 10.5. The van der Waals surface area contributed by atoms with Gasteiger partial charge in [0.2, 0.25) is 0 Å². The molecule has 0 spiro atoms. The molecule has 1 aliphatic rings. The fraction of sp³-hybridized carbons (Fsp3) is 0.571. The Bertz CT molecular complexity index is 391. The number of aromatic nitrogens is 2. The first-order chi connectivity index (χ1) is 5.70. The number of nitrogens with zero attached hydrogens (tertiary/aromatic N) is 3. The maximum Gasteiger partial charge on any atom is 0.159 e. The minimum atomic E-state index is -1.87. The van der Waals surface area contributed by atoms with Crippen LogP contribution in [0.4, 0.5) is 5.82 Å². The molecule has 0 unspecified atom stereocenters.